The first-order valence-electron chi connectivity index (χ1n) is 4.01. The quantitative estimate of drug-likeness (QED) is 0.501. The van der Waals surface area contributed by atoms with E-state index >= 15 is 0 Å². The zero-order valence-electron chi connectivity index (χ0n) is 7.84. The van der Waals surface area contributed by atoms with Crippen molar-refractivity contribution in [1.29, 1.82) is 0 Å². The minimum Gasteiger partial charge on any atom is -0.469 e. The van der Waals surface area contributed by atoms with E-state index in [0.717, 1.165) is 0 Å². The second-order valence-corrected chi connectivity index (χ2v) is 2.79. The lowest BCUT2D eigenvalue weighted by atomic mass is 10.2. The van der Waals surface area contributed by atoms with Gasteiger partial charge >= 0.3 is 5.97 Å². The highest BCUT2D eigenvalue weighted by Crippen LogP contribution is 1.92. The van der Waals surface area contributed by atoms with Crippen molar-refractivity contribution in [2.45, 2.75) is 12.8 Å². The van der Waals surface area contributed by atoms with E-state index in [1.54, 1.807) is 0 Å². The monoisotopic (exact) mass is 221 g/mol. The van der Waals surface area contributed by atoms with Crippen LogP contribution in [0.3, 0.4) is 0 Å². The Morgan fingerprint density at radius 2 is 1.93 bits per heavy atom. The number of halogens is 1. The fourth-order valence-corrected chi connectivity index (χ4v) is 0.771. The molecule has 0 aromatic rings. The molecule has 0 aliphatic heterocycles. The zero-order chi connectivity index (χ0) is 11.0. The average Bonchev–Trinajstić information content (AvgIpc) is 2.22. The predicted octanol–water partition coefficient (Wildman–Crippen LogP) is -0.136. The van der Waals surface area contributed by atoms with Crippen molar-refractivity contribution in [1.82, 2.24) is 5.32 Å². The van der Waals surface area contributed by atoms with E-state index in [0.29, 0.717) is 0 Å². The minimum absolute atomic E-state index is 0.0338. The third-order valence-electron chi connectivity index (χ3n) is 1.44. The van der Waals surface area contributed by atoms with Crippen LogP contribution in [0.15, 0.2) is 0 Å². The molecule has 0 spiro atoms. The van der Waals surface area contributed by atoms with Crippen LogP contribution >= 0.6 is 11.6 Å². The van der Waals surface area contributed by atoms with Crippen LogP contribution in [-0.2, 0) is 19.1 Å². The van der Waals surface area contributed by atoms with E-state index in [4.69, 9.17) is 11.6 Å². The van der Waals surface area contributed by atoms with Gasteiger partial charge in [-0.3, -0.25) is 14.4 Å². The first kappa shape index (κ1) is 12.9. The average molecular weight is 222 g/mol. The van der Waals surface area contributed by atoms with Crippen LogP contribution < -0.4 is 5.32 Å². The smallest absolute Gasteiger partial charge is 0.305 e. The molecule has 0 atom stereocenters. The van der Waals surface area contributed by atoms with Crippen LogP contribution in [0.1, 0.15) is 12.8 Å². The molecule has 1 amide bonds. The lowest BCUT2D eigenvalue weighted by Crippen LogP contribution is -2.30. The van der Waals surface area contributed by atoms with E-state index in [1.165, 1.54) is 7.11 Å². The molecule has 0 fully saturated rings. The minimum atomic E-state index is -0.443. The molecule has 0 rings (SSSR count). The number of carbonyl (C=O) groups is 3. The van der Waals surface area contributed by atoms with Gasteiger partial charge in [-0.1, -0.05) is 0 Å². The molecule has 6 heteroatoms. The first-order valence-corrected chi connectivity index (χ1v) is 4.54. The van der Waals surface area contributed by atoms with Gasteiger partial charge in [-0.25, -0.2) is 0 Å². The van der Waals surface area contributed by atoms with E-state index in [-0.39, 0.29) is 31.0 Å². The number of Topliss-reactive ketones (excluding diaryl/α,β-unsaturated/α-hetero) is 1. The van der Waals surface area contributed by atoms with E-state index in [2.05, 4.69) is 10.1 Å². The molecule has 0 aromatic carbocycles. The first-order chi connectivity index (χ1) is 6.60. The highest BCUT2D eigenvalue weighted by Gasteiger charge is 2.07. The van der Waals surface area contributed by atoms with E-state index in [9.17, 15) is 14.4 Å². The van der Waals surface area contributed by atoms with Gasteiger partial charge in [0.2, 0.25) is 5.91 Å². The van der Waals surface area contributed by atoms with E-state index < -0.39 is 11.9 Å². The summed E-state index contributed by atoms with van der Waals surface area (Å²) >= 11 is 5.19. The molecule has 0 saturated carbocycles. The molecule has 0 unspecified atom stereocenters. The third-order valence-corrected chi connectivity index (χ3v) is 1.68. The molecule has 14 heavy (non-hydrogen) atoms. The highest BCUT2D eigenvalue weighted by atomic mass is 35.5. The Morgan fingerprint density at radius 3 is 2.43 bits per heavy atom. The number of hydrogen-bond acceptors (Lipinski definition) is 4. The van der Waals surface area contributed by atoms with Crippen LogP contribution in [0.5, 0.6) is 0 Å². The van der Waals surface area contributed by atoms with Gasteiger partial charge in [-0.15, -0.1) is 11.6 Å². The van der Waals surface area contributed by atoms with Crippen molar-refractivity contribution in [2.75, 3.05) is 19.5 Å². The molecule has 5 nitrogen and oxygen atoms in total. The molecule has 0 bridgehead atoms. The number of ketones is 1. The predicted molar refractivity (Wildman–Crippen MR) is 50.0 cm³/mol. The number of carbonyl (C=O) groups excluding carboxylic acids is 3. The van der Waals surface area contributed by atoms with E-state index in [1.807, 2.05) is 0 Å². The number of nitrogens with one attached hydrogen (secondary N) is 1. The Hall–Kier alpha value is -1.10. The van der Waals surface area contributed by atoms with Crippen LogP contribution in [0.25, 0.3) is 0 Å². The van der Waals surface area contributed by atoms with Gasteiger partial charge in [-0.2, -0.15) is 0 Å². The van der Waals surface area contributed by atoms with Crippen molar-refractivity contribution < 1.29 is 19.1 Å². The van der Waals surface area contributed by atoms with Gasteiger partial charge in [0.15, 0.2) is 5.78 Å². The van der Waals surface area contributed by atoms with Gasteiger partial charge in [-0.05, 0) is 0 Å². The second kappa shape index (κ2) is 7.32. The Balaban J connectivity index is 3.56. The lowest BCUT2D eigenvalue weighted by molar-refractivity contribution is -0.141. The maximum Gasteiger partial charge on any atom is 0.305 e. The molecule has 0 radical (unpaired) electrons. The van der Waals surface area contributed by atoms with Crippen LogP contribution in [-0.4, -0.2) is 37.2 Å². The van der Waals surface area contributed by atoms with Gasteiger partial charge in [0.25, 0.3) is 0 Å². The summed E-state index contributed by atoms with van der Waals surface area (Å²) in [5.41, 5.74) is 0. The summed E-state index contributed by atoms with van der Waals surface area (Å²) in [5.74, 6) is -1.25. The van der Waals surface area contributed by atoms with Gasteiger partial charge in [0.1, 0.15) is 5.88 Å². The van der Waals surface area contributed by atoms with Crippen LogP contribution in [0.2, 0.25) is 0 Å². The zero-order valence-corrected chi connectivity index (χ0v) is 8.60. The Bertz CT molecular complexity index is 207. The number of methoxy groups -OCH3 is 1. The molecule has 0 aliphatic carbocycles. The largest absolute Gasteiger partial charge is 0.469 e. The van der Waals surface area contributed by atoms with Gasteiger partial charge in [0, 0.05) is 6.42 Å². The molecule has 1 N–H and O–H groups in total. The van der Waals surface area contributed by atoms with Gasteiger partial charge < -0.3 is 10.1 Å². The molecular formula is C8H12ClNO4. The standard InChI is InChI=1S/C8H12ClNO4/c1-14-8(13)3-2-6(11)5-10-7(12)4-9/h2-5H2,1H3,(H,10,12). The number of hydrogen-bond donors (Lipinski definition) is 1. The molecule has 0 saturated heterocycles. The fraction of sp³-hybridized carbons (Fsp3) is 0.625. The SMILES string of the molecule is COC(=O)CCC(=O)CNC(=O)CCl. The summed E-state index contributed by atoms with van der Waals surface area (Å²) in [6.45, 7) is -0.0947. The third kappa shape index (κ3) is 6.42. The van der Waals surface area contributed by atoms with Crippen molar-refractivity contribution in [3.05, 3.63) is 0 Å². The number of amides is 1. The molecule has 0 aromatic heterocycles. The number of alkyl halides is 1. The topological polar surface area (TPSA) is 72.5 Å². The van der Waals surface area contributed by atoms with Crippen molar-refractivity contribution in [2.24, 2.45) is 0 Å². The van der Waals surface area contributed by atoms with Crippen molar-refractivity contribution in [3.63, 3.8) is 0 Å². The summed E-state index contributed by atoms with van der Waals surface area (Å²) in [5, 5.41) is 2.30. The van der Waals surface area contributed by atoms with Crippen LogP contribution in [0.4, 0.5) is 0 Å². The molecule has 0 aliphatic rings. The Kier molecular flexibility index (Phi) is 6.74. The number of ether oxygens (including phenoxy) is 1. The molecule has 0 heterocycles. The second-order valence-electron chi connectivity index (χ2n) is 2.53. The van der Waals surface area contributed by atoms with Crippen molar-refractivity contribution in [3.8, 4) is 0 Å². The lowest BCUT2D eigenvalue weighted by Gasteiger charge is -2.01. The summed E-state index contributed by atoms with van der Waals surface area (Å²) in [6.07, 6.45) is 0.0985. The molecule has 80 valence electrons. The maximum absolute atomic E-state index is 11.0. The normalized spacial score (nSPS) is 9.29. The van der Waals surface area contributed by atoms with Gasteiger partial charge in [0.05, 0.1) is 20.1 Å². The maximum atomic E-state index is 11.0. The van der Waals surface area contributed by atoms with Crippen molar-refractivity contribution >= 4 is 29.3 Å². The summed E-state index contributed by atoms with van der Waals surface area (Å²) in [6, 6.07) is 0. The number of rotatable bonds is 6. The van der Waals surface area contributed by atoms with Crippen LogP contribution in [0, 0.1) is 0 Å². The highest BCUT2D eigenvalue weighted by molar-refractivity contribution is 6.27. The summed E-state index contributed by atoms with van der Waals surface area (Å²) in [7, 11) is 1.25. The summed E-state index contributed by atoms with van der Waals surface area (Å²) in [4.78, 5) is 32.3. The summed E-state index contributed by atoms with van der Waals surface area (Å²) < 4.78 is 4.35. The Labute approximate surface area is 86.7 Å². The fourth-order valence-electron chi connectivity index (χ4n) is 0.676. The Morgan fingerprint density at radius 1 is 1.29 bits per heavy atom. The number of esters is 1. The molecular weight excluding hydrogens is 210 g/mol.